The fourth-order valence-corrected chi connectivity index (χ4v) is 4.16. The molecule has 0 saturated heterocycles. The van der Waals surface area contributed by atoms with E-state index < -0.39 is 29.5 Å². The SMILES string of the molecule is CCN(CC)C(=O)Oc1ccc2c(ccn2Cc2ccc(F)cc2C(F)(F)F)c1-c1ccc(F)cc1. The quantitative estimate of drug-likeness (QED) is 0.256. The molecule has 0 N–H and O–H groups in total. The topological polar surface area (TPSA) is 34.5 Å². The molecule has 4 nitrogen and oxygen atoms in total. The second-order valence-electron chi connectivity index (χ2n) is 8.16. The minimum atomic E-state index is -4.72. The standard InChI is InChI=1S/C27H23F5N2O2/c1-3-33(4-2)26(35)36-24-12-11-23-21(25(24)17-5-8-19(28)9-6-17)13-14-34(23)16-18-7-10-20(29)15-22(18)27(30,31)32/h5-15H,3-4,16H2,1-2H3. The molecular weight excluding hydrogens is 479 g/mol. The number of ether oxygens (including phenoxy) is 1. The van der Waals surface area contributed by atoms with Crippen LogP contribution in [0.5, 0.6) is 5.75 Å². The van der Waals surface area contributed by atoms with Gasteiger partial charge in [0.15, 0.2) is 0 Å². The van der Waals surface area contributed by atoms with Crippen molar-refractivity contribution in [3.63, 3.8) is 0 Å². The van der Waals surface area contributed by atoms with Crippen molar-refractivity contribution >= 4 is 17.0 Å². The van der Waals surface area contributed by atoms with Gasteiger partial charge in [-0.05, 0) is 67.4 Å². The van der Waals surface area contributed by atoms with E-state index in [0.29, 0.717) is 41.2 Å². The van der Waals surface area contributed by atoms with E-state index in [1.54, 1.807) is 29.0 Å². The summed E-state index contributed by atoms with van der Waals surface area (Å²) in [6.07, 6.45) is -3.66. The van der Waals surface area contributed by atoms with Crippen LogP contribution in [0, 0.1) is 11.6 Å². The molecule has 0 bridgehead atoms. The summed E-state index contributed by atoms with van der Waals surface area (Å²) in [5.74, 6) is -1.18. The largest absolute Gasteiger partial charge is 0.416 e. The molecule has 36 heavy (non-hydrogen) atoms. The molecule has 0 radical (unpaired) electrons. The first-order chi connectivity index (χ1) is 17.1. The van der Waals surface area contributed by atoms with Crippen LogP contribution in [0.15, 0.2) is 66.9 Å². The summed E-state index contributed by atoms with van der Waals surface area (Å²) >= 11 is 0. The van der Waals surface area contributed by atoms with Gasteiger partial charge in [0.25, 0.3) is 0 Å². The van der Waals surface area contributed by atoms with Crippen molar-refractivity contribution in [3.8, 4) is 16.9 Å². The van der Waals surface area contributed by atoms with Gasteiger partial charge in [-0.15, -0.1) is 0 Å². The third-order valence-electron chi connectivity index (χ3n) is 5.98. The van der Waals surface area contributed by atoms with Gasteiger partial charge >= 0.3 is 12.3 Å². The van der Waals surface area contributed by atoms with Crippen LogP contribution in [0.3, 0.4) is 0 Å². The van der Waals surface area contributed by atoms with Crippen molar-refractivity contribution in [2.45, 2.75) is 26.6 Å². The normalized spacial score (nSPS) is 11.6. The van der Waals surface area contributed by atoms with E-state index in [2.05, 4.69) is 0 Å². The molecule has 4 rings (SSSR count). The van der Waals surface area contributed by atoms with Gasteiger partial charge < -0.3 is 14.2 Å². The first-order valence-corrected chi connectivity index (χ1v) is 11.3. The molecule has 188 valence electrons. The lowest BCUT2D eigenvalue weighted by Crippen LogP contribution is -2.33. The summed E-state index contributed by atoms with van der Waals surface area (Å²) < 4.78 is 75.0. The number of hydrogen-bond acceptors (Lipinski definition) is 2. The van der Waals surface area contributed by atoms with Crippen molar-refractivity contribution in [2.24, 2.45) is 0 Å². The highest BCUT2D eigenvalue weighted by atomic mass is 19.4. The van der Waals surface area contributed by atoms with Crippen LogP contribution < -0.4 is 4.74 Å². The first-order valence-electron chi connectivity index (χ1n) is 11.3. The second kappa shape index (κ2) is 10.0. The Balaban J connectivity index is 1.83. The van der Waals surface area contributed by atoms with Gasteiger partial charge in [-0.3, -0.25) is 0 Å². The Hall–Kier alpha value is -3.88. The summed E-state index contributed by atoms with van der Waals surface area (Å²) in [6.45, 7) is 4.36. The fourth-order valence-electron chi connectivity index (χ4n) is 4.16. The molecule has 0 unspecified atom stereocenters. The Kier molecular flexibility index (Phi) is 7.01. The van der Waals surface area contributed by atoms with Gasteiger partial charge in [0.2, 0.25) is 0 Å². The molecule has 1 aromatic heterocycles. The lowest BCUT2D eigenvalue weighted by atomic mass is 10.0. The number of aromatic nitrogens is 1. The Morgan fingerprint density at radius 3 is 2.22 bits per heavy atom. The number of amides is 1. The van der Waals surface area contributed by atoms with Crippen LogP contribution in [0.4, 0.5) is 26.7 Å². The van der Waals surface area contributed by atoms with Crippen LogP contribution in [-0.2, 0) is 12.7 Å². The predicted octanol–water partition coefficient (Wildman–Crippen LogP) is 7.49. The van der Waals surface area contributed by atoms with E-state index in [4.69, 9.17) is 4.74 Å². The summed E-state index contributed by atoms with van der Waals surface area (Å²) in [4.78, 5) is 14.2. The highest BCUT2D eigenvalue weighted by Gasteiger charge is 2.34. The molecular formula is C27H23F5N2O2. The fraction of sp³-hybridized carbons (Fsp3) is 0.222. The van der Waals surface area contributed by atoms with Gasteiger partial charge in [-0.1, -0.05) is 18.2 Å². The zero-order valence-electron chi connectivity index (χ0n) is 19.6. The Morgan fingerprint density at radius 2 is 1.58 bits per heavy atom. The first kappa shape index (κ1) is 25.2. The molecule has 1 heterocycles. The van der Waals surface area contributed by atoms with Crippen molar-refractivity contribution in [3.05, 3.63) is 89.6 Å². The molecule has 4 aromatic rings. The lowest BCUT2D eigenvalue weighted by molar-refractivity contribution is -0.138. The molecule has 0 aliphatic rings. The molecule has 0 spiro atoms. The van der Waals surface area contributed by atoms with Crippen molar-refractivity contribution in [1.82, 2.24) is 9.47 Å². The predicted molar refractivity (Wildman–Crippen MR) is 127 cm³/mol. The van der Waals surface area contributed by atoms with Crippen LogP contribution >= 0.6 is 0 Å². The number of alkyl halides is 3. The van der Waals surface area contributed by atoms with Crippen LogP contribution in [0.2, 0.25) is 0 Å². The van der Waals surface area contributed by atoms with Gasteiger partial charge in [-0.25, -0.2) is 13.6 Å². The zero-order valence-corrected chi connectivity index (χ0v) is 19.6. The minimum absolute atomic E-state index is 0.0956. The molecule has 3 aromatic carbocycles. The maximum Gasteiger partial charge on any atom is 0.416 e. The number of rotatable bonds is 6. The number of halogens is 5. The number of nitrogens with zero attached hydrogens (tertiary/aromatic N) is 2. The number of fused-ring (bicyclic) bond motifs is 1. The van der Waals surface area contributed by atoms with E-state index in [1.807, 2.05) is 13.8 Å². The summed E-state index contributed by atoms with van der Waals surface area (Å²) in [7, 11) is 0. The van der Waals surface area contributed by atoms with Gasteiger partial charge in [0.1, 0.15) is 17.4 Å². The second-order valence-corrected chi connectivity index (χ2v) is 8.16. The van der Waals surface area contributed by atoms with Gasteiger partial charge in [-0.2, -0.15) is 13.2 Å². The number of carbonyl (C=O) groups excluding carboxylic acids is 1. The van der Waals surface area contributed by atoms with Crippen molar-refractivity contribution < 1.29 is 31.5 Å². The van der Waals surface area contributed by atoms with Crippen molar-refractivity contribution in [2.75, 3.05) is 13.1 Å². The Labute approximate surface area is 204 Å². The van der Waals surface area contributed by atoms with E-state index >= 15 is 0 Å². The number of carbonyl (C=O) groups is 1. The molecule has 9 heteroatoms. The number of hydrogen-bond donors (Lipinski definition) is 0. The summed E-state index contributed by atoms with van der Waals surface area (Å²) in [5.41, 5.74) is 0.492. The van der Waals surface area contributed by atoms with Crippen molar-refractivity contribution in [1.29, 1.82) is 0 Å². The van der Waals surface area contributed by atoms with Crippen LogP contribution in [0.25, 0.3) is 22.0 Å². The zero-order chi connectivity index (χ0) is 26.0. The van der Waals surface area contributed by atoms with E-state index in [-0.39, 0.29) is 17.9 Å². The number of benzene rings is 3. The molecule has 0 atom stereocenters. The van der Waals surface area contributed by atoms with Crippen LogP contribution in [-0.4, -0.2) is 28.6 Å². The maximum absolute atomic E-state index is 13.6. The smallest absolute Gasteiger partial charge is 0.410 e. The average molecular weight is 502 g/mol. The summed E-state index contributed by atoms with van der Waals surface area (Å²) in [5, 5.41) is 0.599. The monoisotopic (exact) mass is 502 g/mol. The molecule has 0 aliphatic carbocycles. The Bertz CT molecular complexity index is 1390. The van der Waals surface area contributed by atoms with Crippen LogP contribution in [0.1, 0.15) is 25.0 Å². The minimum Gasteiger partial charge on any atom is -0.410 e. The lowest BCUT2D eigenvalue weighted by Gasteiger charge is -2.20. The van der Waals surface area contributed by atoms with E-state index in [0.717, 1.165) is 12.1 Å². The average Bonchev–Trinajstić information content (AvgIpc) is 3.23. The van der Waals surface area contributed by atoms with Gasteiger partial charge in [0, 0.05) is 42.3 Å². The molecule has 0 saturated carbocycles. The van der Waals surface area contributed by atoms with Gasteiger partial charge in [0.05, 0.1) is 5.56 Å². The van der Waals surface area contributed by atoms with E-state index in [9.17, 15) is 26.7 Å². The molecule has 0 fully saturated rings. The third-order valence-corrected chi connectivity index (χ3v) is 5.98. The highest BCUT2D eigenvalue weighted by molar-refractivity contribution is 5.99. The Morgan fingerprint density at radius 1 is 0.917 bits per heavy atom. The summed E-state index contributed by atoms with van der Waals surface area (Å²) in [6, 6.07) is 13.1. The maximum atomic E-state index is 13.6. The molecule has 0 aliphatic heterocycles. The molecule has 1 amide bonds. The third kappa shape index (κ3) is 5.05. The van der Waals surface area contributed by atoms with E-state index in [1.165, 1.54) is 29.2 Å². The highest BCUT2D eigenvalue weighted by Crippen LogP contribution is 2.39.